The van der Waals surface area contributed by atoms with E-state index in [0.717, 1.165) is 11.1 Å². The van der Waals surface area contributed by atoms with E-state index < -0.39 is 0 Å². The number of para-hydroxylation sites is 1. The molecule has 0 aliphatic rings. The van der Waals surface area contributed by atoms with Gasteiger partial charge in [0.25, 0.3) is 5.91 Å². The third-order valence-electron chi connectivity index (χ3n) is 4.05. The second-order valence-corrected chi connectivity index (χ2v) is 6.53. The van der Waals surface area contributed by atoms with E-state index in [0.29, 0.717) is 23.7 Å². The molecule has 0 aliphatic carbocycles. The van der Waals surface area contributed by atoms with Crippen molar-refractivity contribution in [1.82, 2.24) is 5.32 Å². The summed E-state index contributed by atoms with van der Waals surface area (Å²) < 4.78 is 5.52. The number of carbonyl (C=O) groups is 2. The molecule has 3 aromatic carbocycles. The molecule has 0 aromatic heterocycles. The van der Waals surface area contributed by atoms with E-state index in [-0.39, 0.29) is 18.5 Å². The van der Waals surface area contributed by atoms with Crippen molar-refractivity contribution in [3.05, 3.63) is 90.0 Å². The fraction of sp³-hybridized carbons (Fsp3) is 0.130. The Bertz CT molecular complexity index is 974. The average molecular weight is 389 g/mol. The summed E-state index contributed by atoms with van der Waals surface area (Å²) in [6.45, 7) is 2.32. The van der Waals surface area contributed by atoms with Gasteiger partial charge in [0.1, 0.15) is 5.75 Å². The van der Waals surface area contributed by atoms with Gasteiger partial charge in [-0.3, -0.25) is 4.79 Å². The topological polar surface area (TPSA) is 79.5 Å². The molecule has 29 heavy (non-hydrogen) atoms. The lowest BCUT2D eigenvalue weighted by atomic mass is 10.1. The highest BCUT2D eigenvalue weighted by Crippen LogP contribution is 2.17. The number of nitrogens with one attached hydrogen (secondary N) is 3. The number of amides is 3. The molecule has 0 heterocycles. The minimum absolute atomic E-state index is 0.127. The summed E-state index contributed by atoms with van der Waals surface area (Å²) in [7, 11) is 0. The zero-order valence-corrected chi connectivity index (χ0v) is 16.1. The maximum atomic E-state index is 12.1. The Morgan fingerprint density at radius 1 is 0.828 bits per heavy atom. The summed E-state index contributed by atoms with van der Waals surface area (Å²) in [5, 5.41) is 8.33. The van der Waals surface area contributed by atoms with Gasteiger partial charge < -0.3 is 20.7 Å². The molecule has 0 aliphatic heterocycles. The molecule has 0 atom stereocenters. The monoisotopic (exact) mass is 389 g/mol. The molecule has 148 valence electrons. The van der Waals surface area contributed by atoms with E-state index in [2.05, 4.69) is 16.0 Å². The summed E-state index contributed by atoms with van der Waals surface area (Å²) in [6.07, 6.45) is 0. The molecule has 6 heteroatoms. The Morgan fingerprint density at radius 2 is 1.59 bits per heavy atom. The van der Waals surface area contributed by atoms with Gasteiger partial charge in [-0.1, -0.05) is 54.1 Å². The van der Waals surface area contributed by atoms with E-state index in [1.54, 1.807) is 36.4 Å². The Morgan fingerprint density at radius 3 is 2.38 bits per heavy atom. The molecule has 0 spiro atoms. The van der Waals surface area contributed by atoms with Crippen LogP contribution in [-0.2, 0) is 11.3 Å². The smallest absolute Gasteiger partial charge is 0.319 e. The van der Waals surface area contributed by atoms with E-state index in [9.17, 15) is 9.59 Å². The average Bonchev–Trinajstić information content (AvgIpc) is 2.72. The molecule has 0 radical (unpaired) electrons. The zero-order chi connectivity index (χ0) is 20.5. The van der Waals surface area contributed by atoms with Crippen LogP contribution >= 0.6 is 0 Å². The number of ether oxygens (including phenoxy) is 1. The standard InChI is InChI=1S/C23H23N3O3/c1-17-7-5-8-18(13-17)15-24-23(28)26-20-11-6-12-21(14-20)29-16-22(27)25-19-9-3-2-4-10-19/h2-14H,15-16H2,1H3,(H,25,27)(H2,24,26,28). The van der Waals surface area contributed by atoms with Gasteiger partial charge in [0.15, 0.2) is 6.61 Å². The molecule has 3 N–H and O–H groups in total. The summed E-state index contributed by atoms with van der Waals surface area (Å²) in [6, 6.07) is 23.7. The Labute approximate surface area is 169 Å². The first-order valence-corrected chi connectivity index (χ1v) is 9.27. The van der Waals surface area contributed by atoms with Gasteiger partial charge in [-0.25, -0.2) is 4.79 Å². The summed E-state index contributed by atoms with van der Waals surface area (Å²) in [5.74, 6) is 0.232. The van der Waals surface area contributed by atoms with Crippen LogP contribution in [0.1, 0.15) is 11.1 Å². The SMILES string of the molecule is Cc1cccc(CNC(=O)Nc2cccc(OCC(=O)Nc3ccccc3)c2)c1. The van der Waals surface area contributed by atoms with E-state index >= 15 is 0 Å². The van der Waals surface area contributed by atoms with Crippen LogP contribution in [-0.4, -0.2) is 18.5 Å². The Hall–Kier alpha value is -3.80. The molecule has 0 unspecified atom stereocenters. The highest BCUT2D eigenvalue weighted by Gasteiger charge is 2.06. The lowest BCUT2D eigenvalue weighted by molar-refractivity contribution is -0.118. The first-order chi connectivity index (χ1) is 14.1. The lowest BCUT2D eigenvalue weighted by Gasteiger charge is -2.11. The maximum Gasteiger partial charge on any atom is 0.319 e. The largest absolute Gasteiger partial charge is 0.484 e. The van der Waals surface area contributed by atoms with Crippen LogP contribution in [0.4, 0.5) is 16.2 Å². The first kappa shape index (κ1) is 19.9. The number of hydrogen-bond acceptors (Lipinski definition) is 3. The third-order valence-corrected chi connectivity index (χ3v) is 4.05. The first-order valence-electron chi connectivity index (χ1n) is 9.27. The number of anilines is 2. The molecule has 0 saturated carbocycles. The van der Waals surface area contributed by atoms with Crippen LogP contribution in [0, 0.1) is 6.92 Å². The van der Waals surface area contributed by atoms with Gasteiger partial charge in [-0.15, -0.1) is 0 Å². The number of benzene rings is 3. The zero-order valence-electron chi connectivity index (χ0n) is 16.1. The van der Waals surface area contributed by atoms with Crippen LogP contribution in [0.25, 0.3) is 0 Å². The third kappa shape index (κ3) is 6.70. The fourth-order valence-electron chi connectivity index (χ4n) is 2.71. The van der Waals surface area contributed by atoms with E-state index in [1.807, 2.05) is 49.4 Å². The molecule has 0 saturated heterocycles. The van der Waals surface area contributed by atoms with Gasteiger partial charge in [-0.2, -0.15) is 0 Å². The molecule has 3 aromatic rings. The second kappa shape index (κ2) is 9.94. The minimum atomic E-state index is -0.314. The number of urea groups is 1. The Balaban J connectivity index is 1.47. The second-order valence-electron chi connectivity index (χ2n) is 6.53. The van der Waals surface area contributed by atoms with Crippen molar-refractivity contribution < 1.29 is 14.3 Å². The lowest BCUT2D eigenvalue weighted by Crippen LogP contribution is -2.28. The summed E-state index contributed by atoms with van der Waals surface area (Å²) in [5.41, 5.74) is 3.46. The van der Waals surface area contributed by atoms with Crippen LogP contribution in [0.5, 0.6) is 5.75 Å². The normalized spacial score (nSPS) is 10.1. The summed E-state index contributed by atoms with van der Waals surface area (Å²) in [4.78, 5) is 24.1. The van der Waals surface area contributed by atoms with Crippen LogP contribution < -0.4 is 20.7 Å². The summed E-state index contributed by atoms with van der Waals surface area (Å²) >= 11 is 0. The van der Waals surface area contributed by atoms with Crippen molar-refractivity contribution in [1.29, 1.82) is 0 Å². The number of hydrogen-bond donors (Lipinski definition) is 3. The molecular formula is C23H23N3O3. The van der Waals surface area contributed by atoms with Crippen molar-refractivity contribution in [3.63, 3.8) is 0 Å². The predicted molar refractivity (Wildman–Crippen MR) is 114 cm³/mol. The fourth-order valence-corrected chi connectivity index (χ4v) is 2.71. The van der Waals surface area contributed by atoms with Crippen molar-refractivity contribution in [2.75, 3.05) is 17.2 Å². The van der Waals surface area contributed by atoms with Gasteiger partial charge in [0.05, 0.1) is 0 Å². The number of carbonyl (C=O) groups excluding carboxylic acids is 2. The predicted octanol–water partition coefficient (Wildman–Crippen LogP) is 4.33. The van der Waals surface area contributed by atoms with Gasteiger partial charge in [-0.05, 0) is 36.8 Å². The van der Waals surface area contributed by atoms with Crippen LogP contribution in [0.3, 0.4) is 0 Å². The van der Waals surface area contributed by atoms with Crippen molar-refractivity contribution in [3.8, 4) is 5.75 Å². The highest BCUT2D eigenvalue weighted by molar-refractivity contribution is 5.92. The van der Waals surface area contributed by atoms with E-state index in [4.69, 9.17) is 4.74 Å². The number of rotatable bonds is 7. The molecule has 3 amide bonds. The van der Waals surface area contributed by atoms with Crippen molar-refractivity contribution >= 4 is 23.3 Å². The quantitative estimate of drug-likeness (QED) is 0.563. The van der Waals surface area contributed by atoms with Crippen LogP contribution in [0.2, 0.25) is 0 Å². The molecule has 0 bridgehead atoms. The number of aryl methyl sites for hydroxylation is 1. The highest BCUT2D eigenvalue weighted by atomic mass is 16.5. The van der Waals surface area contributed by atoms with Crippen LogP contribution in [0.15, 0.2) is 78.9 Å². The molecule has 0 fully saturated rings. The maximum absolute atomic E-state index is 12.1. The van der Waals surface area contributed by atoms with Crippen molar-refractivity contribution in [2.24, 2.45) is 0 Å². The van der Waals surface area contributed by atoms with Gasteiger partial charge in [0.2, 0.25) is 0 Å². The minimum Gasteiger partial charge on any atom is -0.484 e. The Kier molecular flexibility index (Phi) is 6.84. The molecule has 3 rings (SSSR count). The van der Waals surface area contributed by atoms with Crippen molar-refractivity contribution in [2.45, 2.75) is 13.5 Å². The molecule has 6 nitrogen and oxygen atoms in total. The van der Waals surface area contributed by atoms with Gasteiger partial charge in [0, 0.05) is 24.0 Å². The van der Waals surface area contributed by atoms with E-state index in [1.165, 1.54) is 0 Å². The molecular weight excluding hydrogens is 366 g/mol. The van der Waals surface area contributed by atoms with Gasteiger partial charge >= 0.3 is 6.03 Å².